The molecular formula is C24H28ClN3O4. The number of urea groups is 1. The lowest BCUT2D eigenvalue weighted by Gasteiger charge is -2.32. The Morgan fingerprint density at radius 3 is 2.59 bits per heavy atom. The van der Waals surface area contributed by atoms with Crippen molar-refractivity contribution in [2.75, 3.05) is 31.6 Å². The molecule has 0 spiro atoms. The van der Waals surface area contributed by atoms with E-state index in [0.29, 0.717) is 43.4 Å². The number of likely N-dealkylation sites (tertiary alicyclic amines) is 1. The van der Waals surface area contributed by atoms with E-state index < -0.39 is 0 Å². The Morgan fingerprint density at radius 2 is 1.84 bits per heavy atom. The first-order chi connectivity index (χ1) is 15.5. The van der Waals surface area contributed by atoms with Gasteiger partial charge in [-0.05, 0) is 61.6 Å². The number of ether oxygens (including phenoxy) is 2. The summed E-state index contributed by atoms with van der Waals surface area (Å²) in [6, 6.07) is 12.6. The van der Waals surface area contributed by atoms with E-state index in [9.17, 15) is 9.59 Å². The number of carbonyl (C=O) groups is 2. The monoisotopic (exact) mass is 457 g/mol. The highest BCUT2D eigenvalue weighted by molar-refractivity contribution is 6.30. The predicted molar refractivity (Wildman–Crippen MR) is 123 cm³/mol. The van der Waals surface area contributed by atoms with Gasteiger partial charge in [-0.1, -0.05) is 23.7 Å². The topological polar surface area (TPSA) is 79.9 Å². The molecule has 32 heavy (non-hydrogen) atoms. The maximum Gasteiger partial charge on any atom is 0.321 e. The summed E-state index contributed by atoms with van der Waals surface area (Å²) in [5, 5.41) is 6.54. The number of hydrogen-bond acceptors (Lipinski definition) is 4. The standard InChI is InChI=1S/C24H28ClN3O4/c1-16(18-5-6-21-22(14-18)32-12-11-31-21)26-23(29)13-17-7-9-28(10-8-17)24(30)27-20-4-2-3-19(25)15-20/h2-6,14-17H,7-13H2,1H3,(H,26,29)(H,27,30). The Balaban J connectivity index is 1.22. The number of amides is 3. The Morgan fingerprint density at radius 1 is 1.09 bits per heavy atom. The van der Waals surface area contributed by atoms with Crippen molar-refractivity contribution in [1.29, 1.82) is 0 Å². The number of nitrogens with zero attached hydrogens (tertiary/aromatic N) is 1. The Kier molecular flexibility index (Phi) is 7.05. The zero-order valence-electron chi connectivity index (χ0n) is 18.1. The summed E-state index contributed by atoms with van der Waals surface area (Å²) in [5.74, 6) is 1.75. The molecule has 2 N–H and O–H groups in total. The van der Waals surface area contributed by atoms with E-state index >= 15 is 0 Å². The van der Waals surface area contributed by atoms with Crippen molar-refractivity contribution in [3.63, 3.8) is 0 Å². The second-order valence-electron chi connectivity index (χ2n) is 8.27. The molecule has 3 amide bonds. The largest absolute Gasteiger partial charge is 0.486 e. The molecule has 2 heterocycles. The number of rotatable bonds is 5. The summed E-state index contributed by atoms with van der Waals surface area (Å²) in [5.41, 5.74) is 1.66. The molecule has 7 nitrogen and oxygen atoms in total. The molecule has 4 rings (SSSR count). The highest BCUT2D eigenvalue weighted by Gasteiger charge is 2.25. The second kappa shape index (κ2) is 10.1. The first-order valence-electron chi connectivity index (χ1n) is 11.0. The smallest absolute Gasteiger partial charge is 0.321 e. The number of hydrogen-bond donors (Lipinski definition) is 2. The maximum atomic E-state index is 12.6. The molecule has 0 aliphatic carbocycles. The summed E-state index contributed by atoms with van der Waals surface area (Å²) >= 11 is 5.97. The summed E-state index contributed by atoms with van der Waals surface area (Å²) < 4.78 is 11.2. The van der Waals surface area contributed by atoms with Crippen LogP contribution < -0.4 is 20.1 Å². The lowest BCUT2D eigenvalue weighted by Crippen LogP contribution is -2.42. The Labute approximate surface area is 193 Å². The molecule has 170 valence electrons. The molecular weight excluding hydrogens is 430 g/mol. The van der Waals surface area contributed by atoms with Crippen LogP contribution in [0.5, 0.6) is 11.5 Å². The third-order valence-electron chi connectivity index (χ3n) is 5.90. The molecule has 2 aromatic rings. The average Bonchev–Trinajstić information content (AvgIpc) is 2.79. The number of carbonyl (C=O) groups excluding carboxylic acids is 2. The molecule has 2 aliphatic heterocycles. The molecule has 1 atom stereocenters. The minimum Gasteiger partial charge on any atom is -0.486 e. The third-order valence-corrected chi connectivity index (χ3v) is 6.13. The highest BCUT2D eigenvalue weighted by atomic mass is 35.5. The number of anilines is 1. The van der Waals surface area contributed by atoms with Crippen LogP contribution in [-0.2, 0) is 4.79 Å². The van der Waals surface area contributed by atoms with Crippen LogP contribution in [0.3, 0.4) is 0 Å². The van der Waals surface area contributed by atoms with Crippen LogP contribution >= 0.6 is 11.6 Å². The minimum absolute atomic E-state index is 0.0224. The lowest BCUT2D eigenvalue weighted by atomic mass is 9.93. The van der Waals surface area contributed by atoms with Gasteiger partial charge in [0.15, 0.2) is 11.5 Å². The van der Waals surface area contributed by atoms with E-state index in [4.69, 9.17) is 21.1 Å². The molecule has 1 saturated heterocycles. The van der Waals surface area contributed by atoms with Crippen molar-refractivity contribution in [2.45, 2.75) is 32.2 Å². The fourth-order valence-electron chi connectivity index (χ4n) is 4.08. The molecule has 8 heteroatoms. The van der Waals surface area contributed by atoms with Gasteiger partial charge in [0.2, 0.25) is 5.91 Å². The van der Waals surface area contributed by atoms with Crippen molar-refractivity contribution in [3.8, 4) is 11.5 Å². The zero-order chi connectivity index (χ0) is 22.5. The van der Waals surface area contributed by atoms with Crippen LogP contribution in [0.1, 0.15) is 37.8 Å². The molecule has 1 unspecified atom stereocenters. The summed E-state index contributed by atoms with van der Waals surface area (Å²) in [6.45, 7) is 4.31. The number of halogens is 1. The van der Waals surface area contributed by atoms with Crippen molar-refractivity contribution < 1.29 is 19.1 Å². The molecule has 0 bridgehead atoms. The van der Waals surface area contributed by atoms with Gasteiger partial charge >= 0.3 is 6.03 Å². The summed E-state index contributed by atoms with van der Waals surface area (Å²) in [4.78, 5) is 26.9. The van der Waals surface area contributed by atoms with E-state index in [1.165, 1.54) is 0 Å². The van der Waals surface area contributed by atoms with Crippen LogP contribution in [0.25, 0.3) is 0 Å². The number of piperidine rings is 1. The molecule has 0 radical (unpaired) electrons. The van der Waals surface area contributed by atoms with Gasteiger partial charge in [-0.15, -0.1) is 0 Å². The summed E-state index contributed by atoms with van der Waals surface area (Å²) in [7, 11) is 0. The second-order valence-corrected chi connectivity index (χ2v) is 8.70. The van der Waals surface area contributed by atoms with Gasteiger partial charge in [0.05, 0.1) is 6.04 Å². The SMILES string of the molecule is CC(NC(=O)CC1CCN(C(=O)Nc2cccc(Cl)c2)CC1)c1ccc2c(c1)OCCO2. The van der Waals surface area contributed by atoms with Crippen molar-refractivity contribution >= 4 is 29.2 Å². The maximum absolute atomic E-state index is 12.6. The predicted octanol–water partition coefficient (Wildman–Crippen LogP) is 4.62. The number of benzene rings is 2. The van der Waals surface area contributed by atoms with E-state index in [1.54, 1.807) is 23.1 Å². The summed E-state index contributed by atoms with van der Waals surface area (Å²) in [6.07, 6.45) is 2.06. The van der Waals surface area contributed by atoms with Crippen LogP contribution in [0.2, 0.25) is 5.02 Å². The molecule has 2 aliphatic rings. The minimum atomic E-state index is -0.137. The fraction of sp³-hybridized carbons (Fsp3) is 0.417. The third kappa shape index (κ3) is 5.65. The van der Waals surface area contributed by atoms with E-state index in [1.807, 2.05) is 31.2 Å². The highest BCUT2D eigenvalue weighted by Crippen LogP contribution is 2.32. The molecule has 0 aromatic heterocycles. The molecule has 1 fully saturated rings. The Bertz CT molecular complexity index is 975. The Hall–Kier alpha value is -2.93. The first-order valence-corrected chi connectivity index (χ1v) is 11.4. The van der Waals surface area contributed by atoms with Crippen LogP contribution in [-0.4, -0.2) is 43.1 Å². The van der Waals surface area contributed by atoms with Crippen molar-refractivity contribution in [3.05, 3.63) is 53.1 Å². The van der Waals surface area contributed by atoms with Gasteiger partial charge in [0.1, 0.15) is 13.2 Å². The van der Waals surface area contributed by atoms with E-state index in [2.05, 4.69) is 10.6 Å². The number of fused-ring (bicyclic) bond motifs is 1. The quantitative estimate of drug-likeness (QED) is 0.686. The van der Waals surface area contributed by atoms with E-state index in [-0.39, 0.29) is 23.9 Å². The van der Waals surface area contributed by atoms with Gasteiger partial charge in [0, 0.05) is 30.2 Å². The van der Waals surface area contributed by atoms with Crippen LogP contribution in [0, 0.1) is 5.92 Å². The van der Waals surface area contributed by atoms with Crippen molar-refractivity contribution in [2.24, 2.45) is 5.92 Å². The molecule has 2 aromatic carbocycles. The fourth-order valence-corrected chi connectivity index (χ4v) is 4.27. The van der Waals surface area contributed by atoms with E-state index in [0.717, 1.165) is 29.9 Å². The van der Waals surface area contributed by atoms with Crippen LogP contribution in [0.4, 0.5) is 10.5 Å². The van der Waals surface area contributed by atoms with Crippen molar-refractivity contribution in [1.82, 2.24) is 10.2 Å². The van der Waals surface area contributed by atoms with Gasteiger partial charge in [-0.2, -0.15) is 0 Å². The van der Waals surface area contributed by atoms with Gasteiger partial charge in [-0.25, -0.2) is 4.79 Å². The normalized spacial score (nSPS) is 16.9. The zero-order valence-corrected chi connectivity index (χ0v) is 18.9. The van der Waals surface area contributed by atoms with Crippen LogP contribution in [0.15, 0.2) is 42.5 Å². The lowest BCUT2D eigenvalue weighted by molar-refractivity contribution is -0.122. The first kappa shape index (κ1) is 22.3. The van der Waals surface area contributed by atoms with Gasteiger partial charge in [-0.3, -0.25) is 4.79 Å². The average molecular weight is 458 g/mol. The van der Waals surface area contributed by atoms with Gasteiger partial charge in [0.25, 0.3) is 0 Å². The van der Waals surface area contributed by atoms with Gasteiger partial charge < -0.3 is 25.0 Å². The molecule has 0 saturated carbocycles. The number of nitrogens with one attached hydrogen (secondary N) is 2.